The lowest BCUT2D eigenvalue weighted by molar-refractivity contribution is -0.277. The van der Waals surface area contributed by atoms with Crippen molar-refractivity contribution in [3.8, 4) is 5.75 Å². The summed E-state index contributed by atoms with van der Waals surface area (Å²) >= 11 is 0. The van der Waals surface area contributed by atoms with Gasteiger partial charge in [-0.05, 0) is 0 Å². The summed E-state index contributed by atoms with van der Waals surface area (Å²) in [6.07, 6.45) is -5.01. The van der Waals surface area contributed by atoms with Crippen LogP contribution in [0.4, 0.5) is 0 Å². The molecule has 0 spiro atoms. The van der Waals surface area contributed by atoms with E-state index in [0.29, 0.717) is 5.75 Å². The zero-order chi connectivity index (χ0) is 15.0. The third-order valence-electron chi connectivity index (χ3n) is 3.58. The van der Waals surface area contributed by atoms with Crippen molar-refractivity contribution in [1.82, 2.24) is 4.98 Å². The standard InChI is InChI=1S/C14H16NO6/c16-6-10-11(17)12(18)13(19)14(21-10)20-9-5-15-8-4-2-1-3-7(8)9/h1-5,10-14,16-19H,6H2/q-1/t10-,11-,12+,13-,14-/m1/s1. The molecule has 1 aliphatic rings. The quantitative estimate of drug-likeness (QED) is 0.573. The van der Waals surface area contributed by atoms with Gasteiger partial charge in [0.25, 0.3) is 0 Å². The van der Waals surface area contributed by atoms with Gasteiger partial charge in [-0.25, -0.2) is 0 Å². The van der Waals surface area contributed by atoms with E-state index in [1.54, 1.807) is 0 Å². The van der Waals surface area contributed by atoms with Crippen LogP contribution >= 0.6 is 0 Å². The first kappa shape index (κ1) is 14.3. The minimum absolute atomic E-state index is 0.398. The predicted octanol–water partition coefficient (Wildman–Crippen LogP) is -1.02. The summed E-state index contributed by atoms with van der Waals surface area (Å²) in [4.78, 5) is 4.16. The first-order chi connectivity index (χ1) is 10.1. The zero-order valence-electron chi connectivity index (χ0n) is 11.0. The molecule has 0 bridgehead atoms. The van der Waals surface area contributed by atoms with Gasteiger partial charge in [0.15, 0.2) is 0 Å². The van der Waals surface area contributed by atoms with Crippen molar-refractivity contribution in [3.63, 3.8) is 0 Å². The van der Waals surface area contributed by atoms with E-state index in [1.807, 2.05) is 24.3 Å². The van der Waals surface area contributed by atoms with Crippen LogP contribution in [-0.4, -0.2) is 57.7 Å². The highest BCUT2D eigenvalue weighted by atomic mass is 16.7. The van der Waals surface area contributed by atoms with Gasteiger partial charge in [0, 0.05) is 5.39 Å². The van der Waals surface area contributed by atoms with Crippen LogP contribution in [0.2, 0.25) is 0 Å². The van der Waals surface area contributed by atoms with E-state index in [0.717, 1.165) is 10.9 Å². The molecule has 1 fully saturated rings. The van der Waals surface area contributed by atoms with E-state index in [-0.39, 0.29) is 0 Å². The molecule has 1 saturated heterocycles. The summed E-state index contributed by atoms with van der Waals surface area (Å²) in [5.41, 5.74) is 0.733. The van der Waals surface area contributed by atoms with Gasteiger partial charge in [-0.3, -0.25) is 0 Å². The number of nitrogens with zero attached hydrogens (tertiary/aromatic N) is 1. The lowest BCUT2D eigenvalue weighted by Gasteiger charge is -2.39. The molecule has 5 atom stereocenters. The fourth-order valence-corrected chi connectivity index (χ4v) is 2.38. The molecule has 2 aromatic rings. The highest BCUT2D eigenvalue weighted by molar-refractivity contribution is 5.85. The lowest BCUT2D eigenvalue weighted by atomic mass is 9.99. The van der Waals surface area contributed by atoms with Gasteiger partial charge in [0.05, 0.1) is 6.61 Å². The Morgan fingerprint density at radius 3 is 2.62 bits per heavy atom. The number of aliphatic hydroxyl groups is 4. The van der Waals surface area contributed by atoms with Gasteiger partial charge in [-0.15, -0.1) is 11.7 Å². The minimum Gasteiger partial charge on any atom is -0.661 e. The van der Waals surface area contributed by atoms with Crippen molar-refractivity contribution >= 4 is 10.9 Å². The maximum Gasteiger partial charge on any atom is 0.229 e. The average Bonchev–Trinajstić information content (AvgIpc) is 2.91. The normalized spacial score (nSPS) is 33.2. The van der Waals surface area contributed by atoms with Crippen LogP contribution in [0.25, 0.3) is 10.9 Å². The van der Waals surface area contributed by atoms with Crippen LogP contribution in [0.3, 0.4) is 0 Å². The molecule has 1 aromatic carbocycles. The van der Waals surface area contributed by atoms with Crippen molar-refractivity contribution in [1.29, 1.82) is 0 Å². The zero-order valence-corrected chi connectivity index (χ0v) is 11.0. The highest BCUT2D eigenvalue weighted by Crippen LogP contribution is 2.29. The van der Waals surface area contributed by atoms with Crippen LogP contribution < -0.4 is 9.72 Å². The van der Waals surface area contributed by atoms with E-state index in [2.05, 4.69) is 4.98 Å². The molecule has 0 unspecified atom stereocenters. The fraction of sp³-hybridized carbons (Fsp3) is 0.429. The Labute approximate surface area is 120 Å². The average molecular weight is 294 g/mol. The SMILES string of the molecule is OC[C@H]1O[C@@H](Oc2c[n-]c3ccccc23)[C@H](O)[C@@H](O)[C@@H]1O. The number of hydrogen-bond donors (Lipinski definition) is 4. The van der Waals surface area contributed by atoms with Gasteiger partial charge in [0.2, 0.25) is 6.29 Å². The maximum atomic E-state index is 9.93. The Hall–Kier alpha value is -1.64. The number of hydrogen-bond acceptors (Lipinski definition) is 6. The number of aliphatic hydroxyl groups excluding tert-OH is 4. The molecular formula is C14H16NO6-. The van der Waals surface area contributed by atoms with Gasteiger partial charge in [-0.1, -0.05) is 24.3 Å². The van der Waals surface area contributed by atoms with E-state index in [1.165, 1.54) is 6.20 Å². The monoisotopic (exact) mass is 294 g/mol. The number of ether oxygens (including phenoxy) is 2. The molecular weight excluding hydrogens is 278 g/mol. The van der Waals surface area contributed by atoms with E-state index in [9.17, 15) is 15.3 Å². The van der Waals surface area contributed by atoms with Gasteiger partial charge in [0.1, 0.15) is 30.2 Å². The third-order valence-corrected chi connectivity index (χ3v) is 3.58. The van der Waals surface area contributed by atoms with Gasteiger partial charge in [-0.2, -0.15) is 0 Å². The molecule has 0 saturated carbocycles. The van der Waals surface area contributed by atoms with Crippen molar-refractivity contribution in [2.75, 3.05) is 6.61 Å². The van der Waals surface area contributed by atoms with Gasteiger partial charge < -0.3 is 34.9 Å². The van der Waals surface area contributed by atoms with Gasteiger partial charge >= 0.3 is 0 Å². The first-order valence-corrected chi connectivity index (χ1v) is 6.59. The topological polar surface area (TPSA) is 113 Å². The summed E-state index contributed by atoms with van der Waals surface area (Å²) in [7, 11) is 0. The predicted molar refractivity (Wildman–Crippen MR) is 71.7 cm³/mol. The van der Waals surface area contributed by atoms with Crippen LogP contribution in [-0.2, 0) is 4.74 Å². The fourth-order valence-electron chi connectivity index (χ4n) is 2.38. The lowest BCUT2D eigenvalue weighted by Crippen LogP contribution is -2.60. The number of fused-ring (bicyclic) bond motifs is 1. The molecule has 21 heavy (non-hydrogen) atoms. The second-order valence-electron chi connectivity index (χ2n) is 4.95. The largest absolute Gasteiger partial charge is 0.661 e. The molecule has 2 heterocycles. The number of benzene rings is 1. The van der Waals surface area contributed by atoms with Crippen molar-refractivity contribution < 1.29 is 29.9 Å². The van der Waals surface area contributed by atoms with Crippen molar-refractivity contribution in [2.45, 2.75) is 30.7 Å². The van der Waals surface area contributed by atoms with Crippen molar-refractivity contribution in [2.24, 2.45) is 0 Å². The Kier molecular flexibility index (Phi) is 3.83. The molecule has 0 aliphatic carbocycles. The van der Waals surface area contributed by atoms with Crippen molar-refractivity contribution in [3.05, 3.63) is 30.5 Å². The Morgan fingerprint density at radius 1 is 1.10 bits per heavy atom. The van der Waals surface area contributed by atoms with E-state index < -0.39 is 37.3 Å². The summed E-state index contributed by atoms with van der Waals surface area (Å²) in [6.45, 7) is -0.495. The molecule has 1 aromatic heterocycles. The number of rotatable bonds is 3. The highest BCUT2D eigenvalue weighted by Gasteiger charge is 2.44. The summed E-state index contributed by atoms with van der Waals surface area (Å²) < 4.78 is 10.8. The Bertz CT molecular complexity index is 612. The van der Waals surface area contributed by atoms with Crippen LogP contribution in [0, 0.1) is 0 Å². The van der Waals surface area contributed by atoms with Crippen LogP contribution in [0.15, 0.2) is 30.5 Å². The molecule has 114 valence electrons. The number of aromatic nitrogens is 1. The first-order valence-electron chi connectivity index (χ1n) is 6.59. The molecule has 1 aliphatic heterocycles. The smallest absolute Gasteiger partial charge is 0.229 e. The molecule has 4 N–H and O–H groups in total. The second-order valence-corrected chi connectivity index (χ2v) is 4.95. The molecule has 0 amide bonds. The van der Waals surface area contributed by atoms with Crippen LogP contribution in [0.5, 0.6) is 5.75 Å². The second kappa shape index (κ2) is 5.63. The Balaban J connectivity index is 1.83. The minimum atomic E-state index is -1.46. The maximum absolute atomic E-state index is 9.93. The Morgan fingerprint density at radius 2 is 1.86 bits per heavy atom. The number of para-hydroxylation sites is 1. The van der Waals surface area contributed by atoms with Crippen LogP contribution in [0.1, 0.15) is 0 Å². The molecule has 0 radical (unpaired) electrons. The molecule has 3 rings (SSSR count). The molecule has 7 nitrogen and oxygen atoms in total. The third kappa shape index (κ3) is 2.50. The summed E-state index contributed by atoms with van der Waals surface area (Å²) in [6, 6.07) is 7.29. The van der Waals surface area contributed by atoms with E-state index >= 15 is 0 Å². The summed E-state index contributed by atoms with van der Waals surface area (Å²) in [5, 5.41) is 39.2. The van der Waals surface area contributed by atoms with E-state index in [4.69, 9.17) is 14.6 Å². The molecule has 7 heteroatoms. The summed E-state index contributed by atoms with van der Waals surface area (Å²) in [5.74, 6) is 0.398.